The predicted molar refractivity (Wildman–Crippen MR) is 92.3 cm³/mol. The van der Waals surface area contributed by atoms with Crippen LogP contribution in [0.1, 0.15) is 44.1 Å². The molecule has 0 saturated heterocycles. The average molecular weight is 391 g/mol. The monoisotopic (exact) mass is 389 g/mol. The third-order valence-electron chi connectivity index (χ3n) is 3.23. The van der Waals surface area contributed by atoms with Crippen molar-refractivity contribution in [1.29, 1.82) is 0 Å². The zero-order chi connectivity index (χ0) is 15.6. The molecule has 0 amide bonds. The van der Waals surface area contributed by atoms with Gasteiger partial charge in [-0.2, -0.15) is 5.10 Å². The van der Waals surface area contributed by atoms with Gasteiger partial charge in [0.2, 0.25) is 0 Å². The molecule has 1 heterocycles. The Labute approximate surface area is 143 Å². The fraction of sp³-hybridized carbons (Fsp3) is 0.400. The van der Waals surface area contributed by atoms with Crippen LogP contribution in [0.3, 0.4) is 0 Å². The molecule has 0 aliphatic rings. The Bertz CT molecular complexity index is 625. The van der Waals surface area contributed by atoms with Crippen LogP contribution < -0.4 is 5.32 Å². The molecule has 1 atom stereocenters. The first-order valence-corrected chi connectivity index (χ1v) is 8.41. The Hall–Kier alpha value is -0.550. The highest BCUT2D eigenvalue weighted by molar-refractivity contribution is 9.10. The lowest BCUT2D eigenvalue weighted by atomic mass is 10.0. The van der Waals surface area contributed by atoms with Gasteiger partial charge in [-0.3, -0.25) is 4.68 Å². The molecule has 6 heteroatoms. The molecule has 1 aromatic heterocycles. The third kappa shape index (κ3) is 3.62. The van der Waals surface area contributed by atoms with Crippen LogP contribution in [0, 0.1) is 0 Å². The van der Waals surface area contributed by atoms with E-state index in [2.05, 4.69) is 47.1 Å². The van der Waals surface area contributed by atoms with Crippen LogP contribution in [0.15, 0.2) is 28.9 Å². The van der Waals surface area contributed by atoms with Gasteiger partial charge in [-0.25, -0.2) is 0 Å². The van der Waals surface area contributed by atoms with Crippen LogP contribution >= 0.6 is 39.1 Å². The van der Waals surface area contributed by atoms with Crippen LogP contribution in [-0.4, -0.2) is 16.3 Å². The lowest BCUT2D eigenvalue weighted by molar-refractivity contribution is 0.476. The van der Waals surface area contributed by atoms with Crippen molar-refractivity contribution in [2.75, 3.05) is 6.54 Å². The summed E-state index contributed by atoms with van der Waals surface area (Å²) in [4.78, 5) is 0. The van der Waals surface area contributed by atoms with Crippen LogP contribution in [-0.2, 0) is 0 Å². The minimum atomic E-state index is -0.0426. The van der Waals surface area contributed by atoms with Gasteiger partial charge in [-0.15, -0.1) is 0 Å². The lowest BCUT2D eigenvalue weighted by Gasteiger charge is -2.23. The fourth-order valence-corrected chi connectivity index (χ4v) is 3.48. The van der Waals surface area contributed by atoms with E-state index in [1.165, 1.54) is 0 Å². The second-order valence-corrected chi connectivity index (χ2v) is 6.77. The molecule has 1 unspecified atom stereocenters. The topological polar surface area (TPSA) is 29.9 Å². The van der Waals surface area contributed by atoms with E-state index < -0.39 is 0 Å². The van der Waals surface area contributed by atoms with E-state index >= 15 is 0 Å². The molecule has 2 rings (SSSR count). The number of hydrogen-bond donors (Lipinski definition) is 1. The molecule has 0 aliphatic heterocycles. The van der Waals surface area contributed by atoms with Crippen LogP contribution in [0.4, 0.5) is 0 Å². The molecular weight excluding hydrogens is 373 g/mol. The second kappa shape index (κ2) is 7.14. The molecule has 3 nitrogen and oxygen atoms in total. The number of nitrogens with one attached hydrogen (secondary N) is 1. The van der Waals surface area contributed by atoms with Crippen molar-refractivity contribution >= 4 is 39.1 Å². The van der Waals surface area contributed by atoms with Gasteiger partial charge in [0.25, 0.3) is 0 Å². The average Bonchev–Trinajstić information content (AvgIpc) is 2.79. The summed E-state index contributed by atoms with van der Waals surface area (Å²) in [6, 6.07) is 5.98. The van der Waals surface area contributed by atoms with Gasteiger partial charge in [0.15, 0.2) is 0 Å². The molecule has 0 radical (unpaired) electrons. The lowest BCUT2D eigenvalue weighted by Crippen LogP contribution is -2.26. The molecule has 21 heavy (non-hydrogen) atoms. The number of benzene rings is 1. The van der Waals surface area contributed by atoms with Gasteiger partial charge < -0.3 is 5.32 Å². The highest BCUT2D eigenvalue weighted by atomic mass is 79.9. The quantitative estimate of drug-likeness (QED) is 0.757. The Morgan fingerprint density at radius 3 is 2.62 bits per heavy atom. The van der Waals surface area contributed by atoms with Crippen LogP contribution in [0.2, 0.25) is 10.0 Å². The molecule has 0 spiro atoms. The SMILES string of the molecule is CCNC(c1ccc(Cl)cc1Br)c1c(Cl)cnn1C(C)C. The predicted octanol–water partition coefficient (Wildman–Crippen LogP) is 5.23. The van der Waals surface area contributed by atoms with Crippen LogP contribution in [0.25, 0.3) is 0 Å². The van der Waals surface area contributed by atoms with Gasteiger partial charge in [-0.1, -0.05) is 52.1 Å². The number of rotatable bonds is 5. The first kappa shape index (κ1) is 16.8. The summed E-state index contributed by atoms with van der Waals surface area (Å²) >= 11 is 16.0. The van der Waals surface area contributed by atoms with E-state index in [-0.39, 0.29) is 12.1 Å². The van der Waals surface area contributed by atoms with Crippen molar-refractivity contribution in [2.24, 2.45) is 0 Å². The second-order valence-electron chi connectivity index (χ2n) is 5.07. The van der Waals surface area contributed by atoms with Crippen molar-refractivity contribution in [1.82, 2.24) is 15.1 Å². The van der Waals surface area contributed by atoms with Gasteiger partial charge in [0.1, 0.15) is 0 Å². The van der Waals surface area contributed by atoms with Crippen molar-refractivity contribution in [3.8, 4) is 0 Å². The minimum absolute atomic E-state index is 0.0426. The highest BCUT2D eigenvalue weighted by Gasteiger charge is 2.24. The molecule has 2 aromatic rings. The first-order valence-electron chi connectivity index (χ1n) is 6.87. The number of nitrogens with zero attached hydrogens (tertiary/aromatic N) is 2. The summed E-state index contributed by atoms with van der Waals surface area (Å²) in [5.74, 6) is 0. The molecule has 0 fully saturated rings. The molecule has 114 valence electrons. The first-order chi connectivity index (χ1) is 9.95. The van der Waals surface area contributed by atoms with E-state index in [1.54, 1.807) is 6.20 Å². The largest absolute Gasteiger partial charge is 0.305 e. The number of hydrogen-bond acceptors (Lipinski definition) is 2. The van der Waals surface area contributed by atoms with Crippen molar-refractivity contribution in [2.45, 2.75) is 32.9 Å². The summed E-state index contributed by atoms with van der Waals surface area (Å²) in [5.41, 5.74) is 2.06. The van der Waals surface area contributed by atoms with E-state index in [9.17, 15) is 0 Å². The summed E-state index contributed by atoms with van der Waals surface area (Å²) in [5, 5.41) is 9.24. The fourth-order valence-electron chi connectivity index (χ4n) is 2.33. The Kier molecular flexibility index (Phi) is 5.72. The van der Waals surface area contributed by atoms with Crippen molar-refractivity contribution < 1.29 is 0 Å². The Morgan fingerprint density at radius 1 is 1.33 bits per heavy atom. The third-order valence-corrected chi connectivity index (χ3v) is 4.44. The van der Waals surface area contributed by atoms with E-state index in [1.807, 2.05) is 22.9 Å². The Balaban J connectivity index is 2.56. The van der Waals surface area contributed by atoms with Crippen molar-refractivity contribution in [3.05, 3.63) is 50.2 Å². The highest BCUT2D eigenvalue weighted by Crippen LogP contribution is 2.34. The molecule has 0 bridgehead atoms. The minimum Gasteiger partial charge on any atom is -0.305 e. The smallest absolute Gasteiger partial charge is 0.0837 e. The summed E-state index contributed by atoms with van der Waals surface area (Å²) in [6.07, 6.45) is 1.70. The van der Waals surface area contributed by atoms with E-state index in [0.717, 1.165) is 22.3 Å². The van der Waals surface area contributed by atoms with Crippen LogP contribution in [0.5, 0.6) is 0 Å². The molecule has 1 aromatic carbocycles. The molecule has 1 N–H and O–H groups in total. The molecule has 0 saturated carbocycles. The molecule has 0 aliphatic carbocycles. The maximum Gasteiger partial charge on any atom is 0.0837 e. The van der Waals surface area contributed by atoms with Crippen molar-refractivity contribution in [3.63, 3.8) is 0 Å². The van der Waals surface area contributed by atoms with E-state index in [4.69, 9.17) is 23.2 Å². The summed E-state index contributed by atoms with van der Waals surface area (Å²) < 4.78 is 2.91. The molecular formula is C15H18BrCl2N3. The standard InChI is InChI=1S/C15H18BrCl2N3/c1-4-19-14(11-6-5-10(17)7-12(11)16)15-13(18)8-20-21(15)9(2)3/h5-9,14,19H,4H2,1-3H3. The Morgan fingerprint density at radius 2 is 2.05 bits per heavy atom. The number of aromatic nitrogens is 2. The summed E-state index contributed by atoms with van der Waals surface area (Å²) in [7, 11) is 0. The zero-order valence-electron chi connectivity index (χ0n) is 12.2. The van der Waals surface area contributed by atoms with Gasteiger partial charge in [0, 0.05) is 15.5 Å². The van der Waals surface area contributed by atoms with E-state index in [0.29, 0.717) is 10.0 Å². The zero-order valence-corrected chi connectivity index (χ0v) is 15.3. The number of halogens is 3. The van der Waals surface area contributed by atoms with Gasteiger partial charge in [-0.05, 0) is 38.1 Å². The maximum absolute atomic E-state index is 6.39. The van der Waals surface area contributed by atoms with Gasteiger partial charge in [0.05, 0.1) is 23.0 Å². The normalized spacial score (nSPS) is 12.9. The van der Waals surface area contributed by atoms with Gasteiger partial charge >= 0.3 is 0 Å². The summed E-state index contributed by atoms with van der Waals surface area (Å²) in [6.45, 7) is 7.07. The maximum atomic E-state index is 6.39.